The second-order valence-electron chi connectivity index (χ2n) is 7.47. The first kappa shape index (κ1) is 22.6. The number of hydrogen-bond donors (Lipinski definition) is 3. The monoisotopic (exact) mass is 424 g/mol. The Balaban J connectivity index is 1.48. The van der Waals surface area contributed by atoms with E-state index in [-0.39, 0.29) is 12.0 Å². The molecule has 0 aliphatic carbocycles. The summed E-state index contributed by atoms with van der Waals surface area (Å²) in [6.45, 7) is 7.18. The summed E-state index contributed by atoms with van der Waals surface area (Å²) in [7, 11) is 0. The van der Waals surface area contributed by atoms with Gasteiger partial charge in [-0.1, -0.05) is 29.8 Å². The third-order valence-corrected chi connectivity index (χ3v) is 4.86. The van der Waals surface area contributed by atoms with E-state index >= 15 is 0 Å². The molecular formula is C24H32N4O3. The van der Waals surface area contributed by atoms with Crippen molar-refractivity contribution in [1.29, 1.82) is 0 Å². The predicted molar refractivity (Wildman–Crippen MR) is 124 cm³/mol. The van der Waals surface area contributed by atoms with Crippen LogP contribution in [0.4, 0.5) is 5.69 Å². The van der Waals surface area contributed by atoms with E-state index < -0.39 is 0 Å². The Morgan fingerprint density at radius 1 is 1.19 bits per heavy atom. The molecule has 2 aromatic carbocycles. The lowest BCUT2D eigenvalue weighted by atomic mass is 10.2. The molecule has 166 valence electrons. The molecule has 3 N–H and O–H groups in total. The summed E-state index contributed by atoms with van der Waals surface area (Å²) in [4.78, 5) is 16.9. The highest BCUT2D eigenvalue weighted by atomic mass is 16.5. The minimum Gasteiger partial charge on any atom is -0.492 e. The van der Waals surface area contributed by atoms with Crippen molar-refractivity contribution >= 4 is 17.6 Å². The van der Waals surface area contributed by atoms with E-state index in [0.29, 0.717) is 26.3 Å². The Kier molecular flexibility index (Phi) is 8.72. The molecule has 2 aromatic rings. The van der Waals surface area contributed by atoms with Crippen molar-refractivity contribution in [2.45, 2.75) is 39.3 Å². The Morgan fingerprint density at radius 3 is 2.77 bits per heavy atom. The molecule has 0 saturated carbocycles. The van der Waals surface area contributed by atoms with E-state index in [4.69, 9.17) is 9.47 Å². The van der Waals surface area contributed by atoms with Gasteiger partial charge in [-0.15, -0.1) is 0 Å². The topological polar surface area (TPSA) is 84.0 Å². The largest absolute Gasteiger partial charge is 0.492 e. The van der Waals surface area contributed by atoms with Crippen molar-refractivity contribution in [2.24, 2.45) is 4.99 Å². The van der Waals surface area contributed by atoms with Gasteiger partial charge in [0.15, 0.2) is 5.96 Å². The maximum absolute atomic E-state index is 12.2. The molecule has 1 aliphatic heterocycles. The van der Waals surface area contributed by atoms with Crippen LogP contribution >= 0.6 is 0 Å². The van der Waals surface area contributed by atoms with Crippen LogP contribution in [0.25, 0.3) is 0 Å². The molecule has 1 amide bonds. The van der Waals surface area contributed by atoms with Gasteiger partial charge in [0.1, 0.15) is 18.5 Å². The van der Waals surface area contributed by atoms with Gasteiger partial charge in [-0.3, -0.25) is 4.79 Å². The number of rotatable bonds is 9. The van der Waals surface area contributed by atoms with Gasteiger partial charge < -0.3 is 25.4 Å². The van der Waals surface area contributed by atoms with Crippen molar-refractivity contribution in [3.05, 3.63) is 59.7 Å². The van der Waals surface area contributed by atoms with Crippen molar-refractivity contribution in [1.82, 2.24) is 10.6 Å². The first-order chi connectivity index (χ1) is 15.1. The maximum atomic E-state index is 12.2. The molecule has 7 nitrogen and oxygen atoms in total. The smallest absolute Gasteiger partial charge is 0.253 e. The van der Waals surface area contributed by atoms with E-state index in [1.54, 1.807) is 0 Å². The minimum absolute atomic E-state index is 0.0817. The second kappa shape index (κ2) is 12.0. The standard InChI is InChI=1S/C24H32N4O3/c1-3-25-24(26-13-15-30-21-11-9-18(2)10-12-21)27-17-19-6-4-7-20(16-19)28-23(29)22-8-5-14-31-22/h4,6-7,9-12,16,22H,3,5,8,13-15,17H2,1-2H3,(H,28,29)(H2,25,26,27). The van der Waals surface area contributed by atoms with Gasteiger partial charge in [0.25, 0.3) is 5.91 Å². The summed E-state index contributed by atoms with van der Waals surface area (Å²) in [5, 5.41) is 9.46. The van der Waals surface area contributed by atoms with Crippen LogP contribution in [-0.2, 0) is 16.1 Å². The first-order valence-corrected chi connectivity index (χ1v) is 10.9. The van der Waals surface area contributed by atoms with Gasteiger partial charge in [0.05, 0.1) is 13.1 Å². The van der Waals surface area contributed by atoms with Gasteiger partial charge in [0.2, 0.25) is 0 Å². The fourth-order valence-electron chi connectivity index (χ4n) is 3.24. The average molecular weight is 425 g/mol. The zero-order valence-electron chi connectivity index (χ0n) is 18.3. The maximum Gasteiger partial charge on any atom is 0.253 e. The predicted octanol–water partition coefficient (Wildman–Crippen LogP) is 3.25. The lowest BCUT2D eigenvalue weighted by Crippen LogP contribution is -2.39. The number of nitrogens with one attached hydrogen (secondary N) is 3. The molecule has 1 fully saturated rings. The summed E-state index contributed by atoms with van der Waals surface area (Å²) in [5.41, 5.74) is 2.98. The van der Waals surface area contributed by atoms with E-state index in [1.807, 2.05) is 55.5 Å². The molecule has 1 aliphatic rings. The molecule has 0 spiro atoms. The molecule has 3 rings (SSSR count). The number of aliphatic imine (C=N–C) groups is 1. The molecule has 0 aromatic heterocycles. The van der Waals surface area contributed by atoms with Crippen LogP contribution in [0.15, 0.2) is 53.5 Å². The van der Waals surface area contributed by atoms with Gasteiger partial charge >= 0.3 is 0 Å². The highest BCUT2D eigenvalue weighted by molar-refractivity contribution is 5.94. The van der Waals surface area contributed by atoms with Gasteiger partial charge in [-0.2, -0.15) is 0 Å². The van der Waals surface area contributed by atoms with Gasteiger partial charge in [-0.05, 0) is 56.5 Å². The van der Waals surface area contributed by atoms with Crippen LogP contribution in [0.3, 0.4) is 0 Å². The fourth-order valence-corrected chi connectivity index (χ4v) is 3.24. The third-order valence-electron chi connectivity index (χ3n) is 4.86. The Labute approximate surface area is 184 Å². The molecule has 31 heavy (non-hydrogen) atoms. The number of hydrogen-bond acceptors (Lipinski definition) is 4. The fraction of sp³-hybridized carbons (Fsp3) is 0.417. The summed E-state index contributed by atoms with van der Waals surface area (Å²) in [6, 6.07) is 15.8. The first-order valence-electron chi connectivity index (χ1n) is 10.9. The number of nitrogens with zero attached hydrogens (tertiary/aromatic N) is 1. The Bertz CT molecular complexity index is 861. The van der Waals surface area contributed by atoms with E-state index in [2.05, 4.69) is 27.9 Å². The lowest BCUT2D eigenvalue weighted by Gasteiger charge is -2.13. The second-order valence-corrected chi connectivity index (χ2v) is 7.47. The van der Waals surface area contributed by atoms with Crippen LogP contribution < -0.4 is 20.7 Å². The highest BCUT2D eigenvalue weighted by Crippen LogP contribution is 2.16. The number of amides is 1. The van der Waals surface area contributed by atoms with Gasteiger partial charge in [-0.25, -0.2) is 4.99 Å². The van der Waals surface area contributed by atoms with Crippen LogP contribution in [0, 0.1) is 6.92 Å². The van der Waals surface area contributed by atoms with Crippen LogP contribution in [0.5, 0.6) is 5.75 Å². The lowest BCUT2D eigenvalue weighted by molar-refractivity contribution is -0.124. The molecular weight excluding hydrogens is 392 g/mol. The number of guanidine groups is 1. The van der Waals surface area contributed by atoms with Crippen LogP contribution in [0.1, 0.15) is 30.9 Å². The number of carbonyl (C=O) groups is 1. The van der Waals surface area contributed by atoms with E-state index in [0.717, 1.165) is 42.3 Å². The summed E-state index contributed by atoms with van der Waals surface area (Å²) < 4.78 is 11.2. The van der Waals surface area contributed by atoms with Crippen LogP contribution in [0.2, 0.25) is 0 Å². The van der Waals surface area contributed by atoms with Crippen LogP contribution in [-0.4, -0.2) is 44.3 Å². The van der Waals surface area contributed by atoms with Crippen molar-refractivity contribution in [3.63, 3.8) is 0 Å². The van der Waals surface area contributed by atoms with Crippen molar-refractivity contribution in [3.8, 4) is 5.75 Å². The Hall–Kier alpha value is -3.06. The summed E-state index contributed by atoms with van der Waals surface area (Å²) in [6.07, 6.45) is 1.37. The number of anilines is 1. The molecule has 1 atom stereocenters. The summed E-state index contributed by atoms with van der Waals surface area (Å²) >= 11 is 0. The molecule has 7 heteroatoms. The van der Waals surface area contributed by atoms with E-state index in [9.17, 15) is 4.79 Å². The van der Waals surface area contributed by atoms with E-state index in [1.165, 1.54) is 5.56 Å². The zero-order chi connectivity index (χ0) is 21.9. The highest BCUT2D eigenvalue weighted by Gasteiger charge is 2.23. The van der Waals surface area contributed by atoms with Crippen molar-refractivity contribution in [2.75, 3.05) is 31.6 Å². The molecule has 1 unspecified atom stereocenters. The number of aryl methyl sites for hydroxylation is 1. The van der Waals surface area contributed by atoms with Gasteiger partial charge in [0, 0.05) is 18.8 Å². The average Bonchev–Trinajstić information content (AvgIpc) is 3.32. The zero-order valence-corrected chi connectivity index (χ0v) is 18.3. The SMILES string of the molecule is CCNC(=NCc1cccc(NC(=O)C2CCCO2)c1)NCCOc1ccc(C)cc1. The quantitative estimate of drug-likeness (QED) is 0.327. The number of carbonyl (C=O) groups excluding carboxylic acids is 1. The molecule has 1 saturated heterocycles. The molecule has 1 heterocycles. The number of ether oxygens (including phenoxy) is 2. The Morgan fingerprint density at radius 2 is 2.03 bits per heavy atom. The number of benzene rings is 2. The minimum atomic E-state index is -0.339. The third kappa shape index (κ3) is 7.61. The molecule has 0 bridgehead atoms. The van der Waals surface area contributed by atoms with Crippen molar-refractivity contribution < 1.29 is 14.3 Å². The molecule has 0 radical (unpaired) electrons. The summed E-state index contributed by atoms with van der Waals surface area (Å²) in [5.74, 6) is 1.50. The normalized spacial score (nSPS) is 16.1.